The van der Waals surface area contributed by atoms with Crippen LogP contribution in [0.1, 0.15) is 20.8 Å². The van der Waals surface area contributed by atoms with E-state index >= 15 is 0 Å². The van der Waals surface area contributed by atoms with Crippen molar-refractivity contribution in [2.75, 3.05) is 18.4 Å². The van der Waals surface area contributed by atoms with Gasteiger partial charge >= 0.3 is 0 Å². The van der Waals surface area contributed by atoms with E-state index in [0.29, 0.717) is 18.0 Å². The van der Waals surface area contributed by atoms with Crippen molar-refractivity contribution >= 4 is 39.7 Å². The molecular weight excluding hydrogens is 382 g/mol. The highest BCUT2D eigenvalue weighted by atomic mass is 32.1. The second kappa shape index (κ2) is 8.89. The van der Waals surface area contributed by atoms with Crippen molar-refractivity contribution in [2.45, 2.75) is 13.5 Å². The average Bonchev–Trinajstić information content (AvgIpc) is 3.39. The summed E-state index contributed by atoms with van der Waals surface area (Å²) in [6.07, 6.45) is 3.60. The van der Waals surface area contributed by atoms with Crippen LogP contribution in [-0.2, 0) is 6.54 Å². The number of rotatable bonds is 8. The maximum absolute atomic E-state index is 12.6. The van der Waals surface area contributed by atoms with Gasteiger partial charge in [-0.1, -0.05) is 29.8 Å². The van der Waals surface area contributed by atoms with Crippen molar-refractivity contribution in [3.63, 3.8) is 0 Å². The average molecular weight is 406 g/mol. The molecule has 4 N–H and O–H groups in total. The first-order valence-electron chi connectivity index (χ1n) is 9.52. The standard InChI is InChI=1S/C22H23N5OS/c1-15-2-4-16(5-3-15)14-23-11-12-26-22(28)20-19(8-13-29-20)27-18-7-10-25-21-17(18)6-9-24-21/h2-10,13,23H,11-12,14H2,1H3,(H,26,28)(H2,24,25,27). The minimum absolute atomic E-state index is 0.0704. The monoisotopic (exact) mass is 405 g/mol. The molecule has 0 fully saturated rings. The lowest BCUT2D eigenvalue weighted by Gasteiger charge is -2.10. The molecule has 7 heteroatoms. The zero-order valence-corrected chi connectivity index (χ0v) is 17.0. The van der Waals surface area contributed by atoms with E-state index in [9.17, 15) is 4.79 Å². The number of thiophene rings is 1. The number of amides is 1. The van der Waals surface area contributed by atoms with Crippen LogP contribution in [0.25, 0.3) is 11.0 Å². The summed E-state index contributed by atoms with van der Waals surface area (Å²) >= 11 is 1.43. The summed E-state index contributed by atoms with van der Waals surface area (Å²) in [6, 6.07) is 14.2. The fourth-order valence-electron chi connectivity index (χ4n) is 3.08. The maximum Gasteiger partial charge on any atom is 0.263 e. The van der Waals surface area contributed by atoms with Gasteiger partial charge in [0.1, 0.15) is 10.5 Å². The van der Waals surface area contributed by atoms with E-state index in [-0.39, 0.29) is 5.91 Å². The van der Waals surface area contributed by atoms with E-state index < -0.39 is 0 Å². The van der Waals surface area contributed by atoms with Gasteiger partial charge in [-0.25, -0.2) is 4.98 Å². The number of anilines is 2. The number of carbonyl (C=O) groups excluding carboxylic acids is 1. The van der Waals surface area contributed by atoms with E-state index in [1.165, 1.54) is 22.5 Å². The fraction of sp³-hybridized carbons (Fsp3) is 0.182. The van der Waals surface area contributed by atoms with Crippen molar-refractivity contribution in [1.29, 1.82) is 0 Å². The van der Waals surface area contributed by atoms with Crippen molar-refractivity contribution in [1.82, 2.24) is 20.6 Å². The van der Waals surface area contributed by atoms with Gasteiger partial charge in [-0.05, 0) is 36.1 Å². The first kappa shape index (κ1) is 19.2. The maximum atomic E-state index is 12.6. The highest BCUT2D eigenvalue weighted by Gasteiger charge is 2.14. The van der Waals surface area contributed by atoms with Gasteiger partial charge in [0, 0.05) is 37.4 Å². The predicted molar refractivity (Wildman–Crippen MR) is 119 cm³/mol. The second-order valence-corrected chi connectivity index (χ2v) is 7.72. The molecule has 0 saturated heterocycles. The fourth-order valence-corrected chi connectivity index (χ4v) is 3.85. The number of pyridine rings is 1. The first-order valence-corrected chi connectivity index (χ1v) is 10.4. The molecule has 6 nitrogen and oxygen atoms in total. The van der Waals surface area contributed by atoms with Gasteiger partial charge in [-0.3, -0.25) is 4.79 Å². The lowest BCUT2D eigenvalue weighted by atomic mass is 10.1. The van der Waals surface area contributed by atoms with E-state index in [0.717, 1.165) is 29.0 Å². The predicted octanol–water partition coefficient (Wildman–Crippen LogP) is 4.20. The Balaban J connectivity index is 1.30. The van der Waals surface area contributed by atoms with E-state index in [1.807, 2.05) is 29.8 Å². The van der Waals surface area contributed by atoms with Crippen molar-refractivity contribution in [3.8, 4) is 0 Å². The topological polar surface area (TPSA) is 81.8 Å². The summed E-state index contributed by atoms with van der Waals surface area (Å²) in [4.78, 5) is 20.7. The zero-order chi connectivity index (χ0) is 20.1. The largest absolute Gasteiger partial charge is 0.354 e. The SMILES string of the molecule is Cc1ccc(CNCCNC(=O)c2sccc2Nc2ccnc3[nH]ccc23)cc1. The number of hydrogen-bond acceptors (Lipinski definition) is 5. The van der Waals surface area contributed by atoms with Crippen LogP contribution < -0.4 is 16.0 Å². The summed E-state index contributed by atoms with van der Waals surface area (Å²) in [5.41, 5.74) is 5.03. The Morgan fingerprint density at radius 3 is 2.79 bits per heavy atom. The van der Waals surface area contributed by atoms with E-state index in [1.54, 1.807) is 6.20 Å². The molecule has 0 atom stereocenters. The Hall–Kier alpha value is -3.16. The van der Waals surface area contributed by atoms with Gasteiger partial charge in [0.25, 0.3) is 5.91 Å². The quantitative estimate of drug-likeness (QED) is 0.331. The molecule has 0 bridgehead atoms. The number of hydrogen-bond donors (Lipinski definition) is 4. The smallest absolute Gasteiger partial charge is 0.263 e. The molecular formula is C22H23N5OS. The molecule has 0 saturated carbocycles. The first-order chi connectivity index (χ1) is 14.2. The lowest BCUT2D eigenvalue weighted by Crippen LogP contribution is -2.31. The molecule has 0 radical (unpaired) electrons. The van der Waals surface area contributed by atoms with E-state index in [2.05, 4.69) is 57.1 Å². The Labute approximate surface area is 173 Å². The highest BCUT2D eigenvalue weighted by Crippen LogP contribution is 2.29. The number of carbonyl (C=O) groups is 1. The van der Waals surface area contributed by atoms with Crippen LogP contribution >= 0.6 is 11.3 Å². The number of H-pyrrole nitrogens is 1. The molecule has 4 rings (SSSR count). The summed E-state index contributed by atoms with van der Waals surface area (Å²) in [6.45, 7) is 4.15. The van der Waals surface area contributed by atoms with Crippen molar-refractivity contribution < 1.29 is 4.79 Å². The molecule has 1 amide bonds. The zero-order valence-electron chi connectivity index (χ0n) is 16.2. The van der Waals surface area contributed by atoms with Crippen LogP contribution in [0.3, 0.4) is 0 Å². The van der Waals surface area contributed by atoms with Gasteiger partial charge in [-0.15, -0.1) is 11.3 Å². The number of aromatic nitrogens is 2. The number of aromatic amines is 1. The van der Waals surface area contributed by atoms with Gasteiger partial charge in [0.2, 0.25) is 0 Å². The number of fused-ring (bicyclic) bond motifs is 1. The molecule has 3 heterocycles. The third kappa shape index (κ3) is 4.64. The second-order valence-electron chi connectivity index (χ2n) is 6.81. The molecule has 1 aromatic carbocycles. The highest BCUT2D eigenvalue weighted by molar-refractivity contribution is 7.12. The number of nitrogens with zero attached hydrogens (tertiary/aromatic N) is 1. The summed E-state index contributed by atoms with van der Waals surface area (Å²) in [7, 11) is 0. The Morgan fingerprint density at radius 2 is 1.93 bits per heavy atom. The molecule has 0 aliphatic carbocycles. The van der Waals surface area contributed by atoms with Crippen LogP contribution in [0.2, 0.25) is 0 Å². The van der Waals surface area contributed by atoms with Crippen molar-refractivity contribution in [3.05, 3.63) is 76.2 Å². The Morgan fingerprint density at radius 1 is 1.07 bits per heavy atom. The third-order valence-electron chi connectivity index (χ3n) is 4.64. The molecule has 0 aliphatic heterocycles. The summed E-state index contributed by atoms with van der Waals surface area (Å²) < 4.78 is 0. The number of benzene rings is 1. The van der Waals surface area contributed by atoms with Crippen LogP contribution in [-0.4, -0.2) is 29.0 Å². The van der Waals surface area contributed by atoms with Crippen LogP contribution in [0.5, 0.6) is 0 Å². The van der Waals surface area contributed by atoms with Gasteiger partial charge in [-0.2, -0.15) is 0 Å². The van der Waals surface area contributed by atoms with Crippen LogP contribution in [0, 0.1) is 6.92 Å². The summed E-state index contributed by atoms with van der Waals surface area (Å²) in [5, 5.41) is 12.6. The number of aryl methyl sites for hydroxylation is 1. The molecule has 148 valence electrons. The van der Waals surface area contributed by atoms with Gasteiger partial charge < -0.3 is 20.9 Å². The van der Waals surface area contributed by atoms with Crippen LogP contribution in [0.4, 0.5) is 11.4 Å². The Bertz CT molecular complexity index is 1100. The third-order valence-corrected chi connectivity index (χ3v) is 5.55. The minimum Gasteiger partial charge on any atom is -0.354 e. The van der Waals surface area contributed by atoms with Crippen LogP contribution in [0.15, 0.2) is 60.2 Å². The van der Waals surface area contributed by atoms with Gasteiger partial charge in [0.15, 0.2) is 0 Å². The summed E-state index contributed by atoms with van der Waals surface area (Å²) in [5.74, 6) is -0.0704. The molecule has 29 heavy (non-hydrogen) atoms. The molecule has 4 aromatic rings. The Kier molecular flexibility index (Phi) is 5.88. The molecule has 0 aliphatic rings. The normalized spacial score (nSPS) is 10.9. The minimum atomic E-state index is -0.0704. The number of nitrogens with one attached hydrogen (secondary N) is 4. The van der Waals surface area contributed by atoms with Crippen molar-refractivity contribution in [2.24, 2.45) is 0 Å². The molecule has 3 aromatic heterocycles. The molecule has 0 spiro atoms. The lowest BCUT2D eigenvalue weighted by molar-refractivity contribution is 0.0958. The van der Waals surface area contributed by atoms with E-state index in [4.69, 9.17) is 0 Å². The molecule has 0 unspecified atom stereocenters. The van der Waals surface area contributed by atoms with Gasteiger partial charge in [0.05, 0.1) is 11.4 Å².